The van der Waals surface area contributed by atoms with Crippen molar-refractivity contribution in [3.05, 3.63) is 68.1 Å². The van der Waals surface area contributed by atoms with Crippen molar-refractivity contribution >= 4 is 17.5 Å². The van der Waals surface area contributed by atoms with Crippen LogP contribution in [-0.2, 0) is 18.3 Å². The summed E-state index contributed by atoms with van der Waals surface area (Å²) in [7, 11) is 0. The molecule has 124 valence electrons. The van der Waals surface area contributed by atoms with E-state index in [-0.39, 0.29) is 22.4 Å². The number of halogens is 1. The van der Waals surface area contributed by atoms with E-state index in [1.807, 2.05) is 24.3 Å². The topological polar surface area (TPSA) is 62.0 Å². The van der Waals surface area contributed by atoms with Crippen LogP contribution in [-0.4, -0.2) is 17.4 Å². The molecule has 1 heterocycles. The zero-order valence-electron chi connectivity index (χ0n) is 13.3. The van der Waals surface area contributed by atoms with Gasteiger partial charge >= 0.3 is 0 Å². The van der Waals surface area contributed by atoms with Crippen LogP contribution in [0.4, 0.5) is 0 Å². The monoisotopic (exact) mass is 342 g/mol. The van der Waals surface area contributed by atoms with E-state index in [0.29, 0.717) is 11.6 Å². The highest BCUT2D eigenvalue weighted by atomic mass is 35.5. The minimum atomic E-state index is -0.288. The number of carbonyl (C=O) groups is 1. The van der Waals surface area contributed by atoms with Crippen LogP contribution in [0.1, 0.15) is 46.4 Å². The fourth-order valence-electron chi connectivity index (χ4n) is 3.55. The van der Waals surface area contributed by atoms with Crippen LogP contribution in [0.3, 0.4) is 0 Å². The van der Waals surface area contributed by atoms with E-state index < -0.39 is 0 Å². The van der Waals surface area contributed by atoms with E-state index >= 15 is 0 Å². The average molecular weight is 343 g/mol. The lowest BCUT2D eigenvalue weighted by Crippen LogP contribution is -2.35. The summed E-state index contributed by atoms with van der Waals surface area (Å²) in [5.74, 6) is -0.286. The van der Waals surface area contributed by atoms with Gasteiger partial charge in [0.05, 0.1) is 0 Å². The molecule has 0 unspecified atom stereocenters. The van der Waals surface area contributed by atoms with E-state index in [4.69, 9.17) is 11.6 Å². The molecule has 1 saturated carbocycles. The van der Waals surface area contributed by atoms with Gasteiger partial charge in [-0.2, -0.15) is 0 Å². The highest BCUT2D eigenvalue weighted by Crippen LogP contribution is 2.47. The van der Waals surface area contributed by atoms with Crippen molar-refractivity contribution in [2.24, 2.45) is 0 Å². The van der Waals surface area contributed by atoms with Crippen molar-refractivity contribution in [2.45, 2.75) is 37.5 Å². The van der Waals surface area contributed by atoms with Crippen LogP contribution >= 0.6 is 11.6 Å². The van der Waals surface area contributed by atoms with E-state index in [9.17, 15) is 9.59 Å². The Morgan fingerprint density at radius 1 is 1.21 bits per heavy atom. The standard InChI is InChI=1S/C19H19ClN2O2/c20-14-6-4-13(5-7-14)19(8-9-19)11-21-17(23)15-10-12-2-1-3-16(12)22-18(15)24/h4-7,10H,1-3,8-9,11H2,(H,21,23)(H,22,24). The SMILES string of the molecule is O=C(NCC1(c2ccc(Cl)cc2)CC1)c1cc2c([nH]c1=O)CCC2. The van der Waals surface area contributed by atoms with Gasteiger partial charge in [0.1, 0.15) is 5.56 Å². The summed E-state index contributed by atoms with van der Waals surface area (Å²) < 4.78 is 0. The maximum absolute atomic E-state index is 12.5. The van der Waals surface area contributed by atoms with Gasteiger partial charge in [-0.1, -0.05) is 23.7 Å². The smallest absolute Gasteiger partial charge is 0.261 e. The van der Waals surface area contributed by atoms with Crippen LogP contribution in [0.15, 0.2) is 35.1 Å². The number of amides is 1. The summed E-state index contributed by atoms with van der Waals surface area (Å²) >= 11 is 5.95. The molecule has 0 atom stereocenters. The molecule has 4 rings (SSSR count). The molecule has 0 spiro atoms. The number of hydrogen-bond donors (Lipinski definition) is 2. The van der Waals surface area contributed by atoms with Gasteiger partial charge in [-0.05, 0) is 61.4 Å². The lowest BCUT2D eigenvalue weighted by atomic mass is 9.96. The van der Waals surface area contributed by atoms with Gasteiger partial charge in [-0.15, -0.1) is 0 Å². The molecule has 2 aliphatic rings. The molecule has 1 aromatic carbocycles. The molecule has 0 bridgehead atoms. The molecule has 24 heavy (non-hydrogen) atoms. The molecule has 2 aliphatic carbocycles. The van der Waals surface area contributed by atoms with Gasteiger partial charge < -0.3 is 10.3 Å². The number of nitrogens with one attached hydrogen (secondary N) is 2. The van der Waals surface area contributed by atoms with E-state index in [2.05, 4.69) is 10.3 Å². The van der Waals surface area contributed by atoms with Gasteiger partial charge in [-0.3, -0.25) is 9.59 Å². The third kappa shape index (κ3) is 2.75. The molecule has 5 heteroatoms. The minimum Gasteiger partial charge on any atom is -0.351 e. The zero-order chi connectivity index (χ0) is 16.7. The van der Waals surface area contributed by atoms with Gasteiger partial charge in [-0.25, -0.2) is 0 Å². The molecule has 4 nitrogen and oxygen atoms in total. The second kappa shape index (κ2) is 5.78. The third-order valence-corrected chi connectivity index (χ3v) is 5.48. The van der Waals surface area contributed by atoms with E-state index in [0.717, 1.165) is 43.4 Å². The summed E-state index contributed by atoms with van der Waals surface area (Å²) in [5.41, 5.74) is 3.20. The number of hydrogen-bond acceptors (Lipinski definition) is 2. The average Bonchev–Trinajstić information content (AvgIpc) is 3.23. The molecule has 0 radical (unpaired) electrons. The van der Waals surface area contributed by atoms with Crippen molar-refractivity contribution in [3.8, 4) is 0 Å². The van der Waals surface area contributed by atoms with Crippen LogP contribution in [0.5, 0.6) is 0 Å². The Hall–Kier alpha value is -2.07. The lowest BCUT2D eigenvalue weighted by molar-refractivity contribution is 0.0948. The van der Waals surface area contributed by atoms with E-state index in [1.54, 1.807) is 6.07 Å². The van der Waals surface area contributed by atoms with Gasteiger partial charge in [0.2, 0.25) is 0 Å². The number of aromatic nitrogens is 1. The number of aromatic amines is 1. The maximum Gasteiger partial charge on any atom is 0.261 e. The minimum absolute atomic E-state index is 0.0102. The van der Waals surface area contributed by atoms with Crippen LogP contribution < -0.4 is 10.9 Å². The van der Waals surface area contributed by atoms with Crippen molar-refractivity contribution in [1.82, 2.24) is 10.3 Å². The quantitative estimate of drug-likeness (QED) is 0.897. The second-order valence-electron chi connectivity index (χ2n) is 6.84. The molecular formula is C19H19ClN2O2. The van der Waals surface area contributed by atoms with Crippen molar-refractivity contribution in [1.29, 1.82) is 0 Å². The number of fused-ring (bicyclic) bond motifs is 1. The number of carbonyl (C=O) groups excluding carboxylic acids is 1. The highest BCUT2D eigenvalue weighted by Gasteiger charge is 2.44. The predicted octanol–water partition coefficient (Wildman–Crippen LogP) is 2.98. The van der Waals surface area contributed by atoms with Crippen LogP contribution in [0, 0.1) is 0 Å². The predicted molar refractivity (Wildman–Crippen MR) is 93.8 cm³/mol. The number of aryl methyl sites for hydroxylation is 2. The van der Waals surface area contributed by atoms with E-state index in [1.165, 1.54) is 5.56 Å². The Morgan fingerprint density at radius 2 is 1.96 bits per heavy atom. The Balaban J connectivity index is 1.49. The van der Waals surface area contributed by atoms with Crippen LogP contribution in [0.2, 0.25) is 5.02 Å². The second-order valence-corrected chi connectivity index (χ2v) is 7.28. The molecule has 1 fully saturated rings. The number of H-pyrrole nitrogens is 1. The molecule has 0 aliphatic heterocycles. The fraction of sp³-hybridized carbons (Fsp3) is 0.368. The first-order valence-electron chi connectivity index (χ1n) is 8.37. The number of rotatable bonds is 4. The van der Waals surface area contributed by atoms with Crippen molar-refractivity contribution < 1.29 is 4.79 Å². The Bertz CT molecular complexity index is 851. The van der Waals surface area contributed by atoms with Crippen molar-refractivity contribution in [2.75, 3.05) is 6.54 Å². The Morgan fingerprint density at radius 3 is 2.67 bits per heavy atom. The first-order valence-corrected chi connectivity index (χ1v) is 8.75. The highest BCUT2D eigenvalue weighted by molar-refractivity contribution is 6.30. The lowest BCUT2D eigenvalue weighted by Gasteiger charge is -2.17. The van der Waals surface area contributed by atoms with Crippen molar-refractivity contribution in [3.63, 3.8) is 0 Å². The number of pyridine rings is 1. The Labute approximate surface area is 145 Å². The maximum atomic E-state index is 12.5. The summed E-state index contributed by atoms with van der Waals surface area (Å²) in [4.78, 5) is 27.5. The fourth-order valence-corrected chi connectivity index (χ4v) is 3.67. The molecule has 1 amide bonds. The van der Waals surface area contributed by atoms with Gasteiger partial charge in [0, 0.05) is 22.7 Å². The first-order chi connectivity index (χ1) is 11.6. The summed E-state index contributed by atoms with van der Waals surface area (Å²) in [6.45, 7) is 0.546. The Kier molecular flexibility index (Phi) is 3.72. The number of benzene rings is 1. The van der Waals surface area contributed by atoms with Gasteiger partial charge in [0.15, 0.2) is 0 Å². The molecule has 0 saturated heterocycles. The summed E-state index contributed by atoms with van der Waals surface area (Å²) in [6, 6.07) is 9.56. The molecule has 1 aromatic heterocycles. The molecular weight excluding hydrogens is 324 g/mol. The molecule has 2 aromatic rings. The van der Waals surface area contributed by atoms with Crippen LogP contribution in [0.25, 0.3) is 0 Å². The summed E-state index contributed by atoms with van der Waals surface area (Å²) in [6.07, 6.45) is 4.94. The van der Waals surface area contributed by atoms with Gasteiger partial charge in [0.25, 0.3) is 11.5 Å². The largest absolute Gasteiger partial charge is 0.351 e. The first kappa shape index (κ1) is 15.5. The normalized spacial score (nSPS) is 17.4. The third-order valence-electron chi connectivity index (χ3n) is 5.23. The summed E-state index contributed by atoms with van der Waals surface area (Å²) in [5, 5.41) is 3.67. The zero-order valence-corrected chi connectivity index (χ0v) is 14.1. The molecule has 2 N–H and O–H groups in total.